The quantitative estimate of drug-likeness (QED) is 0.440. The molecule has 4 rings (SSSR count). The average molecular weight is 384 g/mol. The number of hydrogen-bond acceptors (Lipinski definition) is 5. The molecule has 4 nitrogen and oxygen atoms in total. The highest BCUT2D eigenvalue weighted by atomic mass is 32.1. The summed E-state index contributed by atoms with van der Waals surface area (Å²) in [6.45, 7) is 1.11. The molecule has 0 saturated carbocycles. The lowest BCUT2D eigenvalue weighted by molar-refractivity contribution is 0.0491. The lowest BCUT2D eigenvalue weighted by Gasteiger charge is -2.16. The Hall–Kier alpha value is -2.86. The number of thiophene rings is 1. The molecule has 2 heterocycles. The van der Waals surface area contributed by atoms with E-state index in [4.69, 9.17) is 14.2 Å². The fraction of sp³-hybridized carbons (Fsp3) is 0.190. The van der Waals surface area contributed by atoms with Crippen LogP contribution in [0.1, 0.15) is 21.7 Å². The summed E-state index contributed by atoms with van der Waals surface area (Å²) in [5, 5.41) is 0. The molecule has 138 valence electrons. The van der Waals surface area contributed by atoms with Crippen LogP contribution in [0, 0.1) is 5.82 Å². The van der Waals surface area contributed by atoms with Gasteiger partial charge >= 0.3 is 5.97 Å². The summed E-state index contributed by atoms with van der Waals surface area (Å²) >= 11 is 1.43. The van der Waals surface area contributed by atoms with Crippen LogP contribution in [0.4, 0.5) is 4.39 Å². The number of para-hydroxylation sites is 1. The molecule has 0 unspecified atom stereocenters. The van der Waals surface area contributed by atoms with Crippen molar-refractivity contribution in [1.82, 2.24) is 0 Å². The smallest absolute Gasteiger partial charge is 0.348 e. The molecule has 2 aromatic carbocycles. The van der Waals surface area contributed by atoms with E-state index in [2.05, 4.69) is 0 Å². The zero-order valence-corrected chi connectivity index (χ0v) is 15.3. The van der Waals surface area contributed by atoms with Crippen molar-refractivity contribution in [3.05, 3.63) is 70.9 Å². The first kappa shape index (κ1) is 17.5. The van der Waals surface area contributed by atoms with Crippen LogP contribution in [0.3, 0.4) is 0 Å². The molecule has 1 aromatic heterocycles. The van der Waals surface area contributed by atoms with Gasteiger partial charge in [0.05, 0.1) is 13.2 Å². The van der Waals surface area contributed by atoms with Crippen LogP contribution in [-0.2, 0) is 11.3 Å². The molecule has 0 radical (unpaired) electrons. The number of hydrogen-bond donors (Lipinski definition) is 0. The summed E-state index contributed by atoms with van der Waals surface area (Å²) in [6, 6.07) is 15.5. The Morgan fingerprint density at radius 3 is 2.78 bits per heavy atom. The number of carbonyl (C=O) groups excluding carboxylic acids is 1. The van der Waals surface area contributed by atoms with E-state index < -0.39 is 0 Å². The fourth-order valence-corrected chi connectivity index (χ4v) is 3.91. The van der Waals surface area contributed by atoms with Gasteiger partial charge in [-0.25, -0.2) is 9.18 Å². The molecule has 0 atom stereocenters. The van der Waals surface area contributed by atoms with Gasteiger partial charge in [-0.2, -0.15) is 0 Å². The van der Waals surface area contributed by atoms with Crippen molar-refractivity contribution in [3.63, 3.8) is 0 Å². The monoisotopic (exact) mass is 384 g/mol. The second-order valence-corrected chi connectivity index (χ2v) is 7.09. The molecule has 1 aliphatic heterocycles. The van der Waals surface area contributed by atoms with Gasteiger partial charge in [-0.1, -0.05) is 12.1 Å². The zero-order chi connectivity index (χ0) is 18.6. The Bertz CT molecular complexity index is 949. The Morgan fingerprint density at radius 2 is 1.93 bits per heavy atom. The standard InChI is InChI=1S/C21H17FO4S/c22-15-6-8-16(9-7-15)24-10-3-11-25-21(23)19-12-14-13-26-18-5-2-1-4-17(18)20(14)27-19/h1-2,4-9,12H,3,10-11,13H2. The Morgan fingerprint density at radius 1 is 1.11 bits per heavy atom. The first-order valence-corrected chi connectivity index (χ1v) is 9.43. The molecular formula is C21H17FO4S. The van der Waals surface area contributed by atoms with Crippen molar-refractivity contribution in [2.45, 2.75) is 13.0 Å². The molecule has 0 amide bonds. The molecule has 0 bridgehead atoms. The van der Waals surface area contributed by atoms with Crippen LogP contribution < -0.4 is 9.47 Å². The van der Waals surface area contributed by atoms with Gasteiger partial charge in [0.15, 0.2) is 0 Å². The summed E-state index contributed by atoms with van der Waals surface area (Å²) < 4.78 is 29.4. The molecule has 1 aliphatic rings. The first-order valence-electron chi connectivity index (χ1n) is 8.61. The summed E-state index contributed by atoms with van der Waals surface area (Å²) in [5.74, 6) is 0.786. The van der Waals surface area contributed by atoms with E-state index in [0.29, 0.717) is 30.3 Å². The number of benzene rings is 2. The molecule has 6 heteroatoms. The van der Waals surface area contributed by atoms with Crippen LogP contribution in [0.25, 0.3) is 10.4 Å². The zero-order valence-electron chi connectivity index (χ0n) is 14.4. The van der Waals surface area contributed by atoms with Crippen molar-refractivity contribution in [3.8, 4) is 21.9 Å². The van der Waals surface area contributed by atoms with Crippen LogP contribution in [0.15, 0.2) is 54.6 Å². The maximum absolute atomic E-state index is 12.8. The highest BCUT2D eigenvalue weighted by molar-refractivity contribution is 7.17. The van der Waals surface area contributed by atoms with E-state index in [-0.39, 0.29) is 18.4 Å². The van der Waals surface area contributed by atoms with E-state index in [1.807, 2.05) is 30.3 Å². The van der Waals surface area contributed by atoms with Crippen molar-refractivity contribution < 1.29 is 23.4 Å². The third-order valence-corrected chi connectivity index (χ3v) is 5.32. The number of ether oxygens (including phenoxy) is 3. The molecule has 0 fully saturated rings. The SMILES string of the molecule is O=C(OCCCOc1ccc(F)cc1)c1cc2c(s1)-c1ccccc1OC2. The van der Waals surface area contributed by atoms with Gasteiger partial charge in [0.25, 0.3) is 0 Å². The van der Waals surface area contributed by atoms with E-state index in [0.717, 1.165) is 21.8 Å². The second kappa shape index (κ2) is 7.80. The van der Waals surface area contributed by atoms with Gasteiger partial charge in [-0.15, -0.1) is 11.3 Å². The lowest BCUT2D eigenvalue weighted by atomic mass is 10.1. The van der Waals surface area contributed by atoms with Crippen molar-refractivity contribution in [2.75, 3.05) is 13.2 Å². The Kier molecular flexibility index (Phi) is 5.07. The number of rotatable bonds is 6. The predicted molar refractivity (Wildman–Crippen MR) is 101 cm³/mol. The maximum Gasteiger partial charge on any atom is 0.348 e. The van der Waals surface area contributed by atoms with Gasteiger partial charge in [0.1, 0.15) is 28.8 Å². The molecule has 0 N–H and O–H groups in total. The van der Waals surface area contributed by atoms with Crippen LogP contribution in [-0.4, -0.2) is 19.2 Å². The fourth-order valence-electron chi connectivity index (χ4n) is 2.82. The minimum absolute atomic E-state index is 0.260. The minimum atomic E-state index is -0.339. The summed E-state index contributed by atoms with van der Waals surface area (Å²) in [5.41, 5.74) is 2.01. The number of carbonyl (C=O) groups is 1. The van der Waals surface area contributed by atoms with E-state index >= 15 is 0 Å². The predicted octanol–water partition coefficient (Wildman–Crippen LogP) is 5.07. The molecular weight excluding hydrogens is 367 g/mol. The van der Waals surface area contributed by atoms with Gasteiger partial charge in [-0.05, 0) is 42.5 Å². The van der Waals surface area contributed by atoms with Crippen molar-refractivity contribution in [2.24, 2.45) is 0 Å². The third-order valence-electron chi connectivity index (χ3n) is 4.13. The van der Waals surface area contributed by atoms with Gasteiger partial charge in [-0.3, -0.25) is 0 Å². The second-order valence-electron chi connectivity index (χ2n) is 6.04. The highest BCUT2D eigenvalue weighted by Crippen LogP contribution is 2.42. The Labute approximate surface area is 160 Å². The van der Waals surface area contributed by atoms with Gasteiger partial charge < -0.3 is 14.2 Å². The van der Waals surface area contributed by atoms with Crippen LogP contribution >= 0.6 is 11.3 Å². The van der Waals surface area contributed by atoms with E-state index in [1.54, 1.807) is 12.1 Å². The summed E-state index contributed by atoms with van der Waals surface area (Å²) in [4.78, 5) is 13.9. The first-order chi connectivity index (χ1) is 13.2. The summed E-state index contributed by atoms with van der Waals surface area (Å²) in [7, 11) is 0. The maximum atomic E-state index is 12.8. The van der Waals surface area contributed by atoms with Gasteiger partial charge in [0, 0.05) is 22.4 Å². The lowest BCUT2D eigenvalue weighted by Crippen LogP contribution is -2.08. The highest BCUT2D eigenvalue weighted by Gasteiger charge is 2.22. The molecule has 0 spiro atoms. The van der Waals surface area contributed by atoms with Gasteiger partial charge in [0.2, 0.25) is 0 Å². The van der Waals surface area contributed by atoms with Crippen LogP contribution in [0.5, 0.6) is 11.5 Å². The van der Waals surface area contributed by atoms with Crippen molar-refractivity contribution >= 4 is 17.3 Å². The molecule has 0 saturated heterocycles. The number of fused-ring (bicyclic) bond motifs is 3. The minimum Gasteiger partial charge on any atom is -0.493 e. The normalized spacial score (nSPS) is 11.9. The number of halogens is 1. The Balaban J connectivity index is 1.30. The third kappa shape index (κ3) is 3.95. The average Bonchev–Trinajstić information content (AvgIpc) is 3.14. The van der Waals surface area contributed by atoms with Crippen molar-refractivity contribution in [1.29, 1.82) is 0 Å². The molecule has 0 aliphatic carbocycles. The topological polar surface area (TPSA) is 44.8 Å². The molecule has 27 heavy (non-hydrogen) atoms. The molecule has 3 aromatic rings. The largest absolute Gasteiger partial charge is 0.493 e. The number of esters is 1. The van der Waals surface area contributed by atoms with E-state index in [1.165, 1.54) is 23.5 Å². The van der Waals surface area contributed by atoms with Crippen LogP contribution in [0.2, 0.25) is 0 Å². The van der Waals surface area contributed by atoms with E-state index in [9.17, 15) is 9.18 Å². The summed E-state index contributed by atoms with van der Waals surface area (Å²) in [6.07, 6.45) is 0.556.